The zero-order chi connectivity index (χ0) is 9.40. The van der Waals surface area contributed by atoms with Gasteiger partial charge in [-0.3, -0.25) is 0 Å². The first-order valence-electron chi connectivity index (χ1n) is 4.47. The number of rotatable bonds is 6. The van der Waals surface area contributed by atoms with Crippen LogP contribution in [0, 0.1) is 12.3 Å². The highest BCUT2D eigenvalue weighted by Gasteiger charge is 1.99. The van der Waals surface area contributed by atoms with Crippen LogP contribution in [0.3, 0.4) is 0 Å². The highest BCUT2D eigenvalue weighted by Crippen LogP contribution is 1.95. The van der Waals surface area contributed by atoms with Crippen molar-refractivity contribution >= 4 is 0 Å². The van der Waals surface area contributed by atoms with Gasteiger partial charge in [0, 0.05) is 13.0 Å². The first kappa shape index (κ1) is 11.5. The van der Waals surface area contributed by atoms with Crippen LogP contribution in [0.4, 0.5) is 0 Å². The van der Waals surface area contributed by atoms with Crippen molar-refractivity contribution in [3.05, 3.63) is 0 Å². The number of hydrogen-bond donors (Lipinski definition) is 1. The molecule has 0 aliphatic heterocycles. The molecule has 0 spiro atoms. The van der Waals surface area contributed by atoms with Crippen LogP contribution in [0.1, 0.15) is 26.2 Å². The Balaban J connectivity index is 3.22. The molecule has 1 unspecified atom stereocenters. The molecule has 0 radical (unpaired) electrons. The predicted octanol–water partition coefficient (Wildman–Crippen LogP) is 1.10. The van der Waals surface area contributed by atoms with E-state index < -0.39 is 0 Å². The first-order chi connectivity index (χ1) is 5.66. The van der Waals surface area contributed by atoms with Crippen LogP contribution in [0.2, 0.25) is 0 Å². The highest BCUT2D eigenvalue weighted by atomic mass is 16.3. The largest absolute Gasteiger partial charge is 0.393 e. The lowest BCUT2D eigenvalue weighted by Gasteiger charge is -2.16. The number of aliphatic hydroxyl groups is 1. The number of hydrogen-bond acceptors (Lipinski definition) is 2. The lowest BCUT2D eigenvalue weighted by atomic mass is 10.2. The van der Waals surface area contributed by atoms with Crippen molar-refractivity contribution in [2.45, 2.75) is 32.3 Å². The van der Waals surface area contributed by atoms with Crippen LogP contribution < -0.4 is 0 Å². The molecule has 0 saturated heterocycles. The zero-order valence-corrected chi connectivity index (χ0v) is 8.08. The molecule has 1 N–H and O–H groups in total. The topological polar surface area (TPSA) is 23.5 Å². The van der Waals surface area contributed by atoms with Gasteiger partial charge in [-0.25, -0.2) is 0 Å². The molecule has 0 saturated carbocycles. The van der Waals surface area contributed by atoms with E-state index in [1.54, 1.807) is 0 Å². The molecule has 0 rings (SSSR count). The normalized spacial score (nSPS) is 12.9. The molecule has 0 aromatic heterocycles. The van der Waals surface area contributed by atoms with E-state index in [9.17, 15) is 0 Å². The van der Waals surface area contributed by atoms with Crippen LogP contribution >= 0.6 is 0 Å². The van der Waals surface area contributed by atoms with Crippen LogP contribution in [0.5, 0.6) is 0 Å². The van der Waals surface area contributed by atoms with E-state index in [1.807, 2.05) is 6.92 Å². The van der Waals surface area contributed by atoms with E-state index >= 15 is 0 Å². The number of aliphatic hydroxyl groups excluding tert-OH is 1. The Morgan fingerprint density at radius 1 is 1.50 bits per heavy atom. The Kier molecular flexibility index (Phi) is 6.84. The Morgan fingerprint density at radius 2 is 2.17 bits per heavy atom. The fourth-order valence-corrected chi connectivity index (χ4v) is 0.970. The van der Waals surface area contributed by atoms with Crippen molar-refractivity contribution in [2.75, 3.05) is 20.1 Å². The summed E-state index contributed by atoms with van der Waals surface area (Å²) in [6.45, 7) is 3.79. The minimum absolute atomic E-state index is 0.194. The van der Waals surface area contributed by atoms with E-state index in [0.717, 1.165) is 32.4 Å². The van der Waals surface area contributed by atoms with Gasteiger partial charge in [0.1, 0.15) is 0 Å². The Labute approximate surface area is 75.6 Å². The summed E-state index contributed by atoms with van der Waals surface area (Å²) < 4.78 is 0. The standard InChI is InChI=1S/C10H19NO/c1-4-5-6-8-11(3)9-7-10(2)12/h1,10,12H,5-9H2,2-3H3. The van der Waals surface area contributed by atoms with Gasteiger partial charge in [0.2, 0.25) is 0 Å². The van der Waals surface area contributed by atoms with Gasteiger partial charge in [-0.2, -0.15) is 0 Å². The van der Waals surface area contributed by atoms with Crippen LogP contribution in [0.25, 0.3) is 0 Å². The van der Waals surface area contributed by atoms with Crippen molar-refractivity contribution < 1.29 is 5.11 Å². The Morgan fingerprint density at radius 3 is 2.67 bits per heavy atom. The third-order valence-corrected chi connectivity index (χ3v) is 1.79. The molecule has 0 aliphatic carbocycles. The summed E-state index contributed by atoms with van der Waals surface area (Å²) in [6.07, 6.45) is 7.67. The van der Waals surface area contributed by atoms with E-state index in [2.05, 4.69) is 17.9 Å². The third kappa shape index (κ3) is 7.59. The summed E-state index contributed by atoms with van der Waals surface area (Å²) in [7, 11) is 2.05. The van der Waals surface area contributed by atoms with Gasteiger partial charge in [-0.15, -0.1) is 12.3 Å². The summed E-state index contributed by atoms with van der Waals surface area (Å²) in [5.74, 6) is 2.61. The van der Waals surface area contributed by atoms with Gasteiger partial charge in [-0.05, 0) is 33.4 Å². The minimum Gasteiger partial charge on any atom is -0.393 e. The average molecular weight is 169 g/mol. The van der Waals surface area contributed by atoms with E-state index in [0.29, 0.717) is 0 Å². The monoisotopic (exact) mass is 169 g/mol. The second-order valence-corrected chi connectivity index (χ2v) is 3.25. The zero-order valence-electron chi connectivity index (χ0n) is 8.08. The van der Waals surface area contributed by atoms with Crippen LogP contribution in [-0.2, 0) is 0 Å². The Bertz CT molecular complexity index is 137. The minimum atomic E-state index is -0.194. The molecule has 0 aliphatic rings. The molecule has 0 aromatic rings. The first-order valence-corrected chi connectivity index (χ1v) is 4.47. The van der Waals surface area contributed by atoms with Crippen molar-refractivity contribution in [3.8, 4) is 12.3 Å². The Hall–Kier alpha value is -0.520. The van der Waals surface area contributed by atoms with Crippen LogP contribution in [-0.4, -0.2) is 36.2 Å². The molecule has 70 valence electrons. The molecule has 12 heavy (non-hydrogen) atoms. The van der Waals surface area contributed by atoms with Crippen molar-refractivity contribution in [1.82, 2.24) is 4.90 Å². The molecule has 0 fully saturated rings. The molecular weight excluding hydrogens is 150 g/mol. The molecule has 0 aromatic carbocycles. The molecule has 0 bridgehead atoms. The molecule has 0 amide bonds. The maximum atomic E-state index is 9.01. The maximum Gasteiger partial charge on any atom is 0.0524 e. The van der Waals surface area contributed by atoms with Crippen molar-refractivity contribution in [3.63, 3.8) is 0 Å². The summed E-state index contributed by atoms with van der Waals surface area (Å²) in [4.78, 5) is 2.20. The average Bonchev–Trinajstić information content (AvgIpc) is 2.01. The lowest BCUT2D eigenvalue weighted by molar-refractivity contribution is 0.164. The molecule has 0 heterocycles. The summed E-state index contributed by atoms with van der Waals surface area (Å²) in [5.41, 5.74) is 0. The number of unbranched alkanes of at least 4 members (excludes halogenated alkanes) is 1. The number of terminal acetylenes is 1. The third-order valence-electron chi connectivity index (χ3n) is 1.79. The van der Waals surface area contributed by atoms with Crippen LogP contribution in [0.15, 0.2) is 0 Å². The second kappa shape index (κ2) is 7.15. The lowest BCUT2D eigenvalue weighted by Crippen LogP contribution is -2.23. The van der Waals surface area contributed by atoms with E-state index in [-0.39, 0.29) is 6.10 Å². The highest BCUT2D eigenvalue weighted by molar-refractivity contribution is 4.83. The van der Waals surface area contributed by atoms with Gasteiger partial charge in [0.25, 0.3) is 0 Å². The van der Waals surface area contributed by atoms with E-state index in [4.69, 9.17) is 11.5 Å². The summed E-state index contributed by atoms with van der Waals surface area (Å²) in [5, 5.41) is 9.01. The van der Waals surface area contributed by atoms with Crippen molar-refractivity contribution in [2.24, 2.45) is 0 Å². The quantitative estimate of drug-likeness (QED) is 0.475. The second-order valence-electron chi connectivity index (χ2n) is 3.25. The molecule has 1 atom stereocenters. The predicted molar refractivity (Wildman–Crippen MR) is 51.9 cm³/mol. The van der Waals surface area contributed by atoms with Gasteiger partial charge in [0.05, 0.1) is 6.10 Å². The molecule has 2 nitrogen and oxygen atoms in total. The van der Waals surface area contributed by atoms with Gasteiger partial charge < -0.3 is 10.0 Å². The fourth-order valence-electron chi connectivity index (χ4n) is 0.970. The maximum absolute atomic E-state index is 9.01. The van der Waals surface area contributed by atoms with Gasteiger partial charge in [-0.1, -0.05) is 0 Å². The van der Waals surface area contributed by atoms with Gasteiger partial charge in [0.15, 0.2) is 0 Å². The fraction of sp³-hybridized carbons (Fsp3) is 0.800. The SMILES string of the molecule is C#CCCCN(C)CCC(C)O. The summed E-state index contributed by atoms with van der Waals surface area (Å²) >= 11 is 0. The molecular formula is C10H19NO. The van der Waals surface area contributed by atoms with E-state index in [1.165, 1.54) is 0 Å². The van der Waals surface area contributed by atoms with Crippen molar-refractivity contribution in [1.29, 1.82) is 0 Å². The van der Waals surface area contributed by atoms with Gasteiger partial charge >= 0.3 is 0 Å². The summed E-state index contributed by atoms with van der Waals surface area (Å²) in [6, 6.07) is 0. The smallest absolute Gasteiger partial charge is 0.0524 e. The molecule has 2 heteroatoms. The number of nitrogens with zero attached hydrogens (tertiary/aromatic N) is 1.